The number of aliphatic imine (C=N–C) groups is 1. The maximum Gasteiger partial charge on any atom is 0.220 e. The second-order valence-electron chi connectivity index (χ2n) is 8.96. The van der Waals surface area contributed by atoms with Crippen LogP contribution in [-0.4, -0.2) is 61.9 Å². The minimum absolute atomic E-state index is 0. The summed E-state index contributed by atoms with van der Waals surface area (Å²) in [6.07, 6.45) is 5.38. The zero-order valence-electron chi connectivity index (χ0n) is 19.4. The topological polar surface area (TPSA) is 60.0 Å². The molecule has 0 radical (unpaired) electrons. The van der Waals surface area contributed by atoms with Gasteiger partial charge in [-0.05, 0) is 55.2 Å². The van der Waals surface area contributed by atoms with E-state index in [0.717, 1.165) is 50.9 Å². The lowest BCUT2D eigenvalue weighted by molar-refractivity contribution is -0.121. The molecule has 0 aliphatic carbocycles. The largest absolute Gasteiger partial charge is 0.359 e. The first-order valence-electron chi connectivity index (χ1n) is 11.5. The fourth-order valence-electron chi connectivity index (χ4n) is 4.78. The molecule has 3 rings (SSSR count). The average Bonchev–Trinajstić information content (AvgIpc) is 2.76. The molecule has 7 heteroatoms. The third-order valence-electron chi connectivity index (χ3n) is 6.57. The van der Waals surface area contributed by atoms with Crippen molar-refractivity contribution in [3.8, 4) is 0 Å². The smallest absolute Gasteiger partial charge is 0.220 e. The van der Waals surface area contributed by atoms with Gasteiger partial charge in [-0.1, -0.05) is 31.2 Å². The van der Waals surface area contributed by atoms with Gasteiger partial charge >= 0.3 is 0 Å². The number of nitrogens with zero attached hydrogens (tertiary/aromatic N) is 3. The summed E-state index contributed by atoms with van der Waals surface area (Å²) < 4.78 is 0. The fraction of sp³-hybridized carbons (Fsp3) is 0.667. The van der Waals surface area contributed by atoms with Gasteiger partial charge in [0.15, 0.2) is 5.96 Å². The summed E-state index contributed by atoms with van der Waals surface area (Å²) in [5.41, 5.74) is 2.77. The molecule has 2 heterocycles. The van der Waals surface area contributed by atoms with Crippen LogP contribution in [0.15, 0.2) is 29.3 Å². The lowest BCUT2D eigenvalue weighted by Gasteiger charge is -2.34. The number of carbonyl (C=O) groups is 1. The Bertz CT molecular complexity index is 718. The Balaban J connectivity index is 0.00000341. The van der Waals surface area contributed by atoms with Crippen molar-refractivity contribution in [3.63, 3.8) is 0 Å². The zero-order valence-corrected chi connectivity index (χ0v) is 21.7. The van der Waals surface area contributed by atoms with Crippen LogP contribution in [0.25, 0.3) is 0 Å². The second kappa shape index (κ2) is 13.3. The third kappa shape index (κ3) is 7.93. The predicted octanol–water partition coefficient (Wildman–Crippen LogP) is 3.46. The van der Waals surface area contributed by atoms with Crippen LogP contribution in [0, 0.1) is 11.8 Å². The van der Waals surface area contributed by atoms with Gasteiger partial charge in [-0.3, -0.25) is 14.7 Å². The number of benzene rings is 1. The van der Waals surface area contributed by atoms with E-state index in [1.165, 1.54) is 37.1 Å². The molecule has 1 aromatic rings. The SMILES string of the molecule is CN=C(NCc1ccccc1CN1CCCC(C)C1)N1CCC(CC(=O)NC)CC1.I. The molecule has 2 fully saturated rings. The average molecular weight is 542 g/mol. The minimum atomic E-state index is 0. The summed E-state index contributed by atoms with van der Waals surface area (Å²) in [4.78, 5) is 21.1. The maximum atomic E-state index is 11.6. The Morgan fingerprint density at radius 2 is 1.84 bits per heavy atom. The number of halogens is 1. The molecule has 0 bridgehead atoms. The Labute approximate surface area is 205 Å². The molecular formula is C24H40IN5O. The molecule has 0 aromatic heterocycles. The van der Waals surface area contributed by atoms with Gasteiger partial charge in [0, 0.05) is 53.2 Å². The maximum absolute atomic E-state index is 11.6. The van der Waals surface area contributed by atoms with E-state index in [-0.39, 0.29) is 29.9 Å². The number of guanidine groups is 1. The molecular weight excluding hydrogens is 501 g/mol. The lowest BCUT2D eigenvalue weighted by atomic mass is 9.93. The summed E-state index contributed by atoms with van der Waals surface area (Å²) in [5.74, 6) is 2.40. The molecule has 1 amide bonds. The second-order valence-corrected chi connectivity index (χ2v) is 8.96. The molecule has 1 aromatic carbocycles. The van der Waals surface area contributed by atoms with Crippen LogP contribution in [0.2, 0.25) is 0 Å². The molecule has 2 aliphatic heterocycles. The van der Waals surface area contributed by atoms with Crippen LogP contribution < -0.4 is 10.6 Å². The van der Waals surface area contributed by atoms with Crippen molar-refractivity contribution in [2.45, 2.75) is 52.1 Å². The van der Waals surface area contributed by atoms with Gasteiger partial charge in [0.05, 0.1) is 0 Å². The molecule has 2 saturated heterocycles. The number of hydrogen-bond acceptors (Lipinski definition) is 3. The number of carbonyl (C=O) groups excluding carboxylic acids is 1. The fourth-order valence-corrected chi connectivity index (χ4v) is 4.78. The zero-order chi connectivity index (χ0) is 21.3. The molecule has 174 valence electrons. The molecule has 31 heavy (non-hydrogen) atoms. The molecule has 2 N–H and O–H groups in total. The van der Waals surface area contributed by atoms with Crippen LogP contribution in [0.3, 0.4) is 0 Å². The molecule has 6 nitrogen and oxygen atoms in total. The summed E-state index contributed by atoms with van der Waals surface area (Å²) in [6, 6.07) is 8.78. The Kier molecular flexibility index (Phi) is 11.1. The van der Waals surface area contributed by atoms with E-state index in [0.29, 0.717) is 12.3 Å². The van der Waals surface area contributed by atoms with Crippen LogP contribution >= 0.6 is 24.0 Å². The number of hydrogen-bond donors (Lipinski definition) is 2. The van der Waals surface area contributed by atoms with Crippen LogP contribution in [0.4, 0.5) is 0 Å². The van der Waals surface area contributed by atoms with Crippen molar-refractivity contribution in [1.29, 1.82) is 0 Å². The van der Waals surface area contributed by atoms with Gasteiger partial charge in [-0.2, -0.15) is 0 Å². The van der Waals surface area contributed by atoms with E-state index in [9.17, 15) is 4.79 Å². The van der Waals surface area contributed by atoms with E-state index in [2.05, 4.69) is 56.6 Å². The monoisotopic (exact) mass is 541 g/mol. The molecule has 1 unspecified atom stereocenters. The van der Waals surface area contributed by atoms with Gasteiger partial charge in [0.25, 0.3) is 0 Å². The number of likely N-dealkylation sites (tertiary alicyclic amines) is 2. The minimum Gasteiger partial charge on any atom is -0.359 e. The Morgan fingerprint density at radius 3 is 2.48 bits per heavy atom. The summed E-state index contributed by atoms with van der Waals surface area (Å²) in [6.45, 7) is 8.51. The molecule has 1 atom stereocenters. The van der Waals surface area contributed by atoms with Gasteiger partial charge in [0.1, 0.15) is 0 Å². The van der Waals surface area contributed by atoms with Crippen LogP contribution in [0.1, 0.15) is 50.2 Å². The standard InChI is InChI=1S/C24H39N5O.HI/c1-19-7-6-12-28(17-19)18-22-9-5-4-8-21(22)16-27-24(26-3)29-13-10-20(11-14-29)15-23(30)25-2;/h4-5,8-9,19-20H,6-7,10-18H2,1-3H3,(H,25,30)(H,26,27);1H. The Morgan fingerprint density at radius 1 is 1.13 bits per heavy atom. The first-order valence-corrected chi connectivity index (χ1v) is 11.5. The van der Waals surface area contributed by atoms with Crippen LogP contribution in [0.5, 0.6) is 0 Å². The summed E-state index contributed by atoms with van der Waals surface area (Å²) >= 11 is 0. The van der Waals surface area contributed by atoms with Crippen molar-refractivity contribution in [3.05, 3.63) is 35.4 Å². The van der Waals surface area contributed by atoms with E-state index >= 15 is 0 Å². The van der Waals surface area contributed by atoms with Gasteiger partial charge in [-0.25, -0.2) is 0 Å². The van der Waals surface area contributed by atoms with E-state index in [4.69, 9.17) is 0 Å². The van der Waals surface area contributed by atoms with Crippen molar-refractivity contribution >= 4 is 35.8 Å². The van der Waals surface area contributed by atoms with Gasteiger partial charge in [-0.15, -0.1) is 24.0 Å². The Hall–Kier alpha value is -1.35. The third-order valence-corrected chi connectivity index (χ3v) is 6.57. The highest BCUT2D eigenvalue weighted by molar-refractivity contribution is 14.0. The predicted molar refractivity (Wildman–Crippen MR) is 139 cm³/mol. The number of nitrogens with one attached hydrogen (secondary N) is 2. The summed E-state index contributed by atoms with van der Waals surface area (Å²) in [7, 11) is 3.58. The highest BCUT2D eigenvalue weighted by atomic mass is 127. The number of piperidine rings is 2. The van der Waals surface area contributed by atoms with Gasteiger partial charge in [0.2, 0.25) is 5.91 Å². The van der Waals surface area contributed by atoms with E-state index in [1.54, 1.807) is 7.05 Å². The van der Waals surface area contributed by atoms with Crippen LogP contribution in [-0.2, 0) is 17.9 Å². The molecule has 0 saturated carbocycles. The normalized spacial score (nSPS) is 20.8. The first kappa shape index (κ1) is 25.9. The number of amides is 1. The highest BCUT2D eigenvalue weighted by Crippen LogP contribution is 2.21. The molecule has 0 spiro atoms. The summed E-state index contributed by atoms with van der Waals surface area (Å²) in [5, 5.41) is 6.33. The first-order chi connectivity index (χ1) is 14.6. The van der Waals surface area contributed by atoms with E-state index < -0.39 is 0 Å². The number of rotatable bonds is 6. The van der Waals surface area contributed by atoms with Crippen molar-refractivity contribution in [2.75, 3.05) is 40.3 Å². The molecule has 2 aliphatic rings. The van der Waals surface area contributed by atoms with E-state index in [1.807, 2.05) is 7.05 Å². The van der Waals surface area contributed by atoms with Gasteiger partial charge < -0.3 is 15.5 Å². The van der Waals surface area contributed by atoms with Crippen molar-refractivity contribution in [1.82, 2.24) is 20.4 Å². The van der Waals surface area contributed by atoms with Crippen molar-refractivity contribution < 1.29 is 4.79 Å². The van der Waals surface area contributed by atoms with Crippen molar-refractivity contribution in [2.24, 2.45) is 16.8 Å². The quantitative estimate of drug-likeness (QED) is 0.329. The lowest BCUT2D eigenvalue weighted by Crippen LogP contribution is -2.45. The highest BCUT2D eigenvalue weighted by Gasteiger charge is 2.23.